The van der Waals surface area contributed by atoms with Gasteiger partial charge in [-0.3, -0.25) is 4.79 Å². The van der Waals surface area contributed by atoms with Crippen LogP contribution in [0, 0.1) is 18.8 Å². The highest BCUT2D eigenvalue weighted by atomic mass is 16.5. The molecule has 6 heteroatoms. The average molecular weight is 318 g/mol. The first-order chi connectivity index (χ1) is 11.1. The molecule has 23 heavy (non-hydrogen) atoms. The van der Waals surface area contributed by atoms with E-state index in [1.54, 1.807) is 6.33 Å². The molecule has 0 saturated carbocycles. The van der Waals surface area contributed by atoms with Crippen molar-refractivity contribution in [2.75, 3.05) is 44.8 Å². The summed E-state index contributed by atoms with van der Waals surface area (Å²) in [6, 6.07) is 2.04. The second kappa shape index (κ2) is 7.25. The van der Waals surface area contributed by atoms with Gasteiger partial charge in [0, 0.05) is 45.0 Å². The van der Waals surface area contributed by atoms with E-state index in [0.29, 0.717) is 12.5 Å². The largest absolute Gasteiger partial charge is 0.381 e. The molecule has 6 nitrogen and oxygen atoms in total. The molecule has 3 rings (SSSR count). The third kappa shape index (κ3) is 3.99. The highest BCUT2D eigenvalue weighted by Gasteiger charge is 2.28. The van der Waals surface area contributed by atoms with Crippen LogP contribution in [0.3, 0.4) is 0 Å². The fourth-order valence-corrected chi connectivity index (χ4v) is 3.48. The fourth-order valence-electron chi connectivity index (χ4n) is 3.48. The minimum atomic E-state index is 0.0732. The molecular weight excluding hydrogens is 292 g/mol. The van der Waals surface area contributed by atoms with E-state index in [4.69, 9.17) is 4.74 Å². The van der Waals surface area contributed by atoms with Crippen LogP contribution in [0.1, 0.15) is 25.0 Å². The highest BCUT2D eigenvalue weighted by Crippen LogP contribution is 2.23. The molecule has 2 saturated heterocycles. The second-order valence-corrected chi connectivity index (χ2v) is 6.73. The molecular formula is C17H26N4O2. The zero-order valence-corrected chi connectivity index (χ0v) is 14.1. The van der Waals surface area contributed by atoms with E-state index in [9.17, 15) is 4.79 Å². The van der Waals surface area contributed by atoms with E-state index in [1.807, 2.05) is 24.9 Å². The summed E-state index contributed by atoms with van der Waals surface area (Å²) in [6.07, 6.45) is 4.70. The molecule has 0 bridgehead atoms. The van der Waals surface area contributed by atoms with Gasteiger partial charge in [0.1, 0.15) is 12.1 Å². The summed E-state index contributed by atoms with van der Waals surface area (Å²) in [5.41, 5.74) is 1.00. The van der Waals surface area contributed by atoms with Gasteiger partial charge in [-0.15, -0.1) is 0 Å². The van der Waals surface area contributed by atoms with Crippen LogP contribution in [0.15, 0.2) is 12.4 Å². The van der Waals surface area contributed by atoms with Crippen molar-refractivity contribution in [3.63, 3.8) is 0 Å². The first kappa shape index (κ1) is 16.2. The standard InChI is InChI=1S/C17H26N4O2/c1-13-9-16(19-12-18-13)21-6-3-14(4-7-21)10-20(2)17(22)15-5-8-23-11-15/h9,12,14-15H,3-8,10-11H2,1-2H3. The third-order valence-corrected chi connectivity index (χ3v) is 4.92. The van der Waals surface area contributed by atoms with Crippen LogP contribution in [0.5, 0.6) is 0 Å². The third-order valence-electron chi connectivity index (χ3n) is 4.92. The number of carbonyl (C=O) groups excluding carboxylic acids is 1. The van der Waals surface area contributed by atoms with Crippen LogP contribution >= 0.6 is 0 Å². The van der Waals surface area contributed by atoms with Gasteiger partial charge in [-0.25, -0.2) is 9.97 Å². The number of piperidine rings is 1. The molecule has 3 heterocycles. The first-order valence-electron chi connectivity index (χ1n) is 8.50. The maximum Gasteiger partial charge on any atom is 0.227 e. The Kier molecular flexibility index (Phi) is 5.10. The van der Waals surface area contributed by atoms with E-state index >= 15 is 0 Å². The Balaban J connectivity index is 1.48. The smallest absolute Gasteiger partial charge is 0.227 e. The van der Waals surface area contributed by atoms with E-state index < -0.39 is 0 Å². The predicted molar refractivity (Wildman–Crippen MR) is 88.3 cm³/mol. The number of carbonyl (C=O) groups is 1. The maximum absolute atomic E-state index is 12.4. The number of nitrogens with zero attached hydrogens (tertiary/aromatic N) is 4. The molecule has 1 amide bonds. The molecule has 1 atom stereocenters. The number of aryl methyl sites for hydroxylation is 1. The zero-order chi connectivity index (χ0) is 16.2. The second-order valence-electron chi connectivity index (χ2n) is 6.73. The number of hydrogen-bond donors (Lipinski definition) is 0. The minimum Gasteiger partial charge on any atom is -0.381 e. The van der Waals surface area contributed by atoms with Crippen molar-refractivity contribution in [1.29, 1.82) is 0 Å². The number of amides is 1. The molecule has 0 N–H and O–H groups in total. The Morgan fingerprint density at radius 1 is 1.35 bits per heavy atom. The van der Waals surface area contributed by atoms with Crippen molar-refractivity contribution in [2.24, 2.45) is 11.8 Å². The van der Waals surface area contributed by atoms with E-state index in [0.717, 1.165) is 57.0 Å². The molecule has 0 aliphatic carbocycles. The van der Waals surface area contributed by atoms with Gasteiger partial charge in [-0.2, -0.15) is 0 Å². The summed E-state index contributed by atoms with van der Waals surface area (Å²) < 4.78 is 5.32. The van der Waals surface area contributed by atoms with Crippen molar-refractivity contribution >= 4 is 11.7 Å². The van der Waals surface area contributed by atoms with Crippen LogP contribution in [0.2, 0.25) is 0 Å². The molecule has 0 radical (unpaired) electrons. The normalized spacial score (nSPS) is 22.3. The molecule has 126 valence electrons. The molecule has 1 aromatic heterocycles. The minimum absolute atomic E-state index is 0.0732. The van der Waals surface area contributed by atoms with Gasteiger partial charge in [-0.05, 0) is 32.1 Å². The summed E-state index contributed by atoms with van der Waals surface area (Å²) in [5, 5.41) is 0. The number of aromatic nitrogens is 2. The van der Waals surface area contributed by atoms with Gasteiger partial charge < -0.3 is 14.5 Å². The van der Waals surface area contributed by atoms with Crippen molar-refractivity contribution in [2.45, 2.75) is 26.2 Å². The van der Waals surface area contributed by atoms with Crippen LogP contribution < -0.4 is 4.90 Å². The maximum atomic E-state index is 12.4. The fraction of sp³-hybridized carbons (Fsp3) is 0.706. The number of ether oxygens (including phenoxy) is 1. The molecule has 0 aromatic carbocycles. The molecule has 1 unspecified atom stereocenters. The number of anilines is 1. The van der Waals surface area contributed by atoms with Crippen LogP contribution in [0.4, 0.5) is 5.82 Å². The Bertz CT molecular complexity index is 537. The monoisotopic (exact) mass is 318 g/mol. The van der Waals surface area contributed by atoms with Crippen molar-refractivity contribution in [3.8, 4) is 0 Å². The number of rotatable bonds is 4. The molecule has 1 aromatic rings. The Morgan fingerprint density at radius 3 is 2.78 bits per heavy atom. The highest BCUT2D eigenvalue weighted by molar-refractivity contribution is 5.78. The van der Waals surface area contributed by atoms with Crippen molar-refractivity contribution in [1.82, 2.24) is 14.9 Å². The van der Waals surface area contributed by atoms with Crippen molar-refractivity contribution < 1.29 is 9.53 Å². The lowest BCUT2D eigenvalue weighted by molar-refractivity contribution is -0.134. The van der Waals surface area contributed by atoms with Gasteiger partial charge in [0.2, 0.25) is 5.91 Å². The SMILES string of the molecule is Cc1cc(N2CCC(CN(C)C(=O)C3CCOC3)CC2)ncn1. The lowest BCUT2D eigenvalue weighted by Gasteiger charge is -2.35. The molecule has 0 spiro atoms. The lowest BCUT2D eigenvalue weighted by atomic mass is 9.95. The zero-order valence-electron chi connectivity index (χ0n) is 14.1. The Morgan fingerprint density at radius 2 is 2.13 bits per heavy atom. The van der Waals surface area contributed by atoms with Crippen molar-refractivity contribution in [3.05, 3.63) is 18.1 Å². The van der Waals surface area contributed by atoms with E-state index in [2.05, 4.69) is 14.9 Å². The van der Waals surface area contributed by atoms with E-state index in [1.165, 1.54) is 0 Å². The van der Waals surface area contributed by atoms with Gasteiger partial charge in [-0.1, -0.05) is 0 Å². The molecule has 2 fully saturated rings. The Hall–Kier alpha value is -1.69. The topological polar surface area (TPSA) is 58.6 Å². The summed E-state index contributed by atoms with van der Waals surface area (Å²) in [6.45, 7) is 6.15. The summed E-state index contributed by atoms with van der Waals surface area (Å²) >= 11 is 0. The summed E-state index contributed by atoms with van der Waals surface area (Å²) in [7, 11) is 1.93. The van der Waals surface area contributed by atoms with Crippen LogP contribution in [0.25, 0.3) is 0 Å². The summed E-state index contributed by atoms with van der Waals surface area (Å²) in [4.78, 5) is 25.1. The number of hydrogen-bond acceptors (Lipinski definition) is 5. The van der Waals surface area contributed by atoms with Gasteiger partial charge in [0.25, 0.3) is 0 Å². The predicted octanol–water partition coefficient (Wildman–Crippen LogP) is 1.50. The Labute approximate surface area is 137 Å². The van der Waals surface area contributed by atoms with E-state index in [-0.39, 0.29) is 11.8 Å². The van der Waals surface area contributed by atoms with Gasteiger partial charge in [0.05, 0.1) is 12.5 Å². The van der Waals surface area contributed by atoms with Gasteiger partial charge >= 0.3 is 0 Å². The lowest BCUT2D eigenvalue weighted by Crippen LogP contribution is -2.41. The van der Waals surface area contributed by atoms with Crippen LogP contribution in [-0.4, -0.2) is 60.7 Å². The summed E-state index contributed by atoms with van der Waals surface area (Å²) in [5.74, 6) is 1.91. The molecule has 2 aliphatic rings. The molecule has 2 aliphatic heterocycles. The van der Waals surface area contributed by atoms with Gasteiger partial charge in [0.15, 0.2) is 0 Å². The van der Waals surface area contributed by atoms with Crippen LogP contribution in [-0.2, 0) is 9.53 Å². The quantitative estimate of drug-likeness (QED) is 0.842. The first-order valence-corrected chi connectivity index (χ1v) is 8.50. The average Bonchev–Trinajstić information content (AvgIpc) is 3.09.